The number of anilines is 1. The van der Waals surface area contributed by atoms with Crippen molar-refractivity contribution in [1.29, 1.82) is 0 Å². The largest absolute Gasteiger partial charge is 0.487 e. The van der Waals surface area contributed by atoms with Crippen LogP contribution >= 0.6 is 11.3 Å². The van der Waals surface area contributed by atoms with Gasteiger partial charge in [-0.15, -0.1) is 11.3 Å². The smallest absolute Gasteiger partial charge is 0.265 e. The van der Waals surface area contributed by atoms with Crippen molar-refractivity contribution >= 4 is 22.9 Å². The van der Waals surface area contributed by atoms with Gasteiger partial charge in [-0.05, 0) is 23.6 Å². The highest BCUT2D eigenvalue weighted by molar-refractivity contribution is 7.12. The number of nitrogens with one attached hydrogen (secondary N) is 1. The number of hydrogen-bond donors (Lipinski definition) is 1. The number of benzene rings is 1. The Balaban J connectivity index is 2.13. The number of carbonyl (C=O) groups excluding carboxylic acids is 1. The summed E-state index contributed by atoms with van der Waals surface area (Å²) in [5.74, 6) is 0.516. The van der Waals surface area contributed by atoms with Crippen LogP contribution in [0.15, 0.2) is 54.4 Å². The molecule has 0 spiro atoms. The summed E-state index contributed by atoms with van der Waals surface area (Å²) < 4.78 is 5.48. The van der Waals surface area contributed by atoms with E-state index in [9.17, 15) is 4.79 Å². The standard InChI is InChI=1S/C14H13NO2S/c1-2-9-17-12-7-4-3-6-11(12)15-14(16)13-8-5-10-18-13/h2-8,10H,1,9H2,(H,15,16). The normalized spacial score (nSPS) is 9.78. The van der Waals surface area contributed by atoms with Crippen LogP contribution in [0.4, 0.5) is 5.69 Å². The molecule has 1 N–H and O–H groups in total. The van der Waals surface area contributed by atoms with Crippen molar-refractivity contribution in [1.82, 2.24) is 0 Å². The number of amides is 1. The van der Waals surface area contributed by atoms with E-state index in [1.165, 1.54) is 11.3 Å². The molecule has 4 heteroatoms. The van der Waals surface area contributed by atoms with Gasteiger partial charge in [0.25, 0.3) is 5.91 Å². The van der Waals surface area contributed by atoms with Crippen molar-refractivity contribution in [3.05, 3.63) is 59.3 Å². The van der Waals surface area contributed by atoms with Crippen LogP contribution < -0.4 is 10.1 Å². The third kappa shape index (κ3) is 2.99. The Morgan fingerprint density at radius 3 is 2.89 bits per heavy atom. The molecule has 0 radical (unpaired) electrons. The molecule has 0 unspecified atom stereocenters. The second kappa shape index (κ2) is 6.02. The minimum Gasteiger partial charge on any atom is -0.487 e. The van der Waals surface area contributed by atoms with E-state index in [2.05, 4.69) is 11.9 Å². The summed E-state index contributed by atoms with van der Waals surface area (Å²) >= 11 is 1.40. The van der Waals surface area contributed by atoms with Gasteiger partial charge in [0, 0.05) is 0 Å². The Hall–Kier alpha value is -2.07. The van der Waals surface area contributed by atoms with Crippen LogP contribution in [0.2, 0.25) is 0 Å². The zero-order chi connectivity index (χ0) is 12.8. The van der Waals surface area contributed by atoms with E-state index in [0.29, 0.717) is 22.9 Å². The Labute approximate surface area is 110 Å². The van der Waals surface area contributed by atoms with Gasteiger partial charge in [-0.2, -0.15) is 0 Å². The molecule has 3 nitrogen and oxygen atoms in total. The number of hydrogen-bond acceptors (Lipinski definition) is 3. The molecule has 1 aromatic carbocycles. The average Bonchev–Trinajstić information content (AvgIpc) is 2.91. The Bertz CT molecular complexity index is 534. The first kappa shape index (κ1) is 12.4. The fourth-order valence-electron chi connectivity index (χ4n) is 1.44. The summed E-state index contributed by atoms with van der Waals surface area (Å²) in [6.07, 6.45) is 1.66. The maximum absolute atomic E-state index is 11.9. The maximum atomic E-state index is 11.9. The lowest BCUT2D eigenvalue weighted by molar-refractivity contribution is 0.103. The summed E-state index contributed by atoms with van der Waals surface area (Å²) in [5, 5.41) is 4.70. The van der Waals surface area contributed by atoms with Gasteiger partial charge in [0.1, 0.15) is 12.4 Å². The van der Waals surface area contributed by atoms with Gasteiger partial charge >= 0.3 is 0 Å². The van der Waals surface area contributed by atoms with Crippen LogP contribution in [0.5, 0.6) is 5.75 Å². The molecule has 1 amide bonds. The SMILES string of the molecule is C=CCOc1ccccc1NC(=O)c1cccs1. The quantitative estimate of drug-likeness (QED) is 0.834. The molecule has 0 aliphatic heterocycles. The van der Waals surface area contributed by atoms with Gasteiger partial charge in [-0.25, -0.2) is 0 Å². The molecule has 18 heavy (non-hydrogen) atoms. The average molecular weight is 259 g/mol. The van der Waals surface area contributed by atoms with Crippen molar-refractivity contribution in [2.45, 2.75) is 0 Å². The number of carbonyl (C=O) groups is 1. The van der Waals surface area contributed by atoms with Gasteiger partial charge in [-0.1, -0.05) is 30.9 Å². The molecule has 1 heterocycles. The predicted molar refractivity (Wildman–Crippen MR) is 74.4 cm³/mol. The van der Waals surface area contributed by atoms with E-state index in [-0.39, 0.29) is 5.91 Å². The second-order valence-corrected chi connectivity index (χ2v) is 4.47. The molecule has 2 rings (SSSR count). The molecule has 0 fully saturated rings. The maximum Gasteiger partial charge on any atom is 0.265 e. The van der Waals surface area contributed by atoms with Gasteiger partial charge in [0.2, 0.25) is 0 Å². The topological polar surface area (TPSA) is 38.3 Å². The zero-order valence-electron chi connectivity index (χ0n) is 9.76. The van der Waals surface area contributed by atoms with Crippen LogP contribution in [0.3, 0.4) is 0 Å². The van der Waals surface area contributed by atoms with E-state index in [0.717, 1.165) is 0 Å². The van der Waals surface area contributed by atoms with Crippen molar-refractivity contribution in [3.8, 4) is 5.75 Å². The number of ether oxygens (including phenoxy) is 1. The molecule has 0 bridgehead atoms. The van der Waals surface area contributed by atoms with Crippen molar-refractivity contribution in [2.75, 3.05) is 11.9 Å². The molecular formula is C14H13NO2S. The van der Waals surface area contributed by atoms with E-state index in [4.69, 9.17) is 4.74 Å². The Kier molecular flexibility index (Phi) is 4.15. The van der Waals surface area contributed by atoms with Crippen LogP contribution in [0.25, 0.3) is 0 Å². The van der Waals surface area contributed by atoms with Crippen molar-refractivity contribution in [3.63, 3.8) is 0 Å². The monoisotopic (exact) mass is 259 g/mol. The zero-order valence-corrected chi connectivity index (χ0v) is 10.6. The summed E-state index contributed by atoms with van der Waals surface area (Å²) in [4.78, 5) is 12.6. The third-order valence-corrected chi connectivity index (χ3v) is 3.11. The number of rotatable bonds is 5. The van der Waals surface area contributed by atoms with Gasteiger partial charge < -0.3 is 10.1 Å². The molecule has 0 aliphatic carbocycles. The lowest BCUT2D eigenvalue weighted by Crippen LogP contribution is -2.11. The second-order valence-electron chi connectivity index (χ2n) is 3.53. The van der Waals surface area contributed by atoms with Crippen LogP contribution in [0, 0.1) is 0 Å². The summed E-state index contributed by atoms with van der Waals surface area (Å²) in [6.45, 7) is 4.00. The van der Waals surface area contributed by atoms with Gasteiger partial charge in [0.05, 0.1) is 10.6 Å². The number of para-hydroxylation sites is 2. The Morgan fingerprint density at radius 2 is 2.17 bits per heavy atom. The molecular weight excluding hydrogens is 246 g/mol. The third-order valence-electron chi connectivity index (χ3n) is 2.24. The molecule has 0 atom stereocenters. The van der Waals surface area contributed by atoms with Crippen LogP contribution in [-0.4, -0.2) is 12.5 Å². The summed E-state index contributed by atoms with van der Waals surface area (Å²) in [6, 6.07) is 11.0. The van der Waals surface area contributed by atoms with Crippen LogP contribution in [-0.2, 0) is 0 Å². The highest BCUT2D eigenvalue weighted by Gasteiger charge is 2.09. The van der Waals surface area contributed by atoms with Gasteiger partial charge in [0.15, 0.2) is 0 Å². The first-order valence-electron chi connectivity index (χ1n) is 5.49. The van der Waals surface area contributed by atoms with E-state index >= 15 is 0 Å². The first-order chi connectivity index (χ1) is 8.81. The van der Waals surface area contributed by atoms with E-state index in [1.807, 2.05) is 35.7 Å². The lowest BCUT2D eigenvalue weighted by Gasteiger charge is -2.10. The summed E-state index contributed by atoms with van der Waals surface area (Å²) in [7, 11) is 0. The molecule has 92 valence electrons. The highest BCUT2D eigenvalue weighted by Crippen LogP contribution is 2.24. The number of thiophene rings is 1. The first-order valence-corrected chi connectivity index (χ1v) is 6.37. The van der Waals surface area contributed by atoms with Gasteiger partial charge in [-0.3, -0.25) is 4.79 Å². The van der Waals surface area contributed by atoms with Crippen LogP contribution in [0.1, 0.15) is 9.67 Å². The predicted octanol–water partition coefficient (Wildman–Crippen LogP) is 3.57. The molecule has 0 saturated carbocycles. The van der Waals surface area contributed by atoms with E-state index < -0.39 is 0 Å². The lowest BCUT2D eigenvalue weighted by atomic mass is 10.3. The Morgan fingerprint density at radius 1 is 1.33 bits per heavy atom. The van der Waals surface area contributed by atoms with E-state index in [1.54, 1.807) is 12.1 Å². The molecule has 2 aromatic rings. The minimum absolute atomic E-state index is 0.125. The molecule has 0 saturated heterocycles. The minimum atomic E-state index is -0.125. The highest BCUT2D eigenvalue weighted by atomic mass is 32.1. The summed E-state index contributed by atoms with van der Waals surface area (Å²) in [5.41, 5.74) is 0.665. The fraction of sp³-hybridized carbons (Fsp3) is 0.0714. The van der Waals surface area contributed by atoms with Crippen molar-refractivity contribution < 1.29 is 9.53 Å². The van der Waals surface area contributed by atoms with Crippen molar-refractivity contribution in [2.24, 2.45) is 0 Å². The molecule has 0 aliphatic rings. The fourth-order valence-corrected chi connectivity index (χ4v) is 2.06. The molecule has 1 aromatic heterocycles.